The lowest BCUT2D eigenvalue weighted by Gasteiger charge is -2.13. The second-order valence-corrected chi connectivity index (χ2v) is 4.09. The van der Waals surface area contributed by atoms with Crippen LogP contribution in [0.3, 0.4) is 0 Å². The lowest BCUT2D eigenvalue weighted by Crippen LogP contribution is -2.34. The molecule has 1 rings (SSSR count). The Labute approximate surface area is 114 Å². The van der Waals surface area contributed by atoms with E-state index in [2.05, 4.69) is 10.3 Å². The van der Waals surface area contributed by atoms with Crippen molar-refractivity contribution in [2.75, 3.05) is 0 Å². The molecular formula is C11H11ClN4O3. The molecule has 0 spiro atoms. The molecule has 0 aliphatic carbocycles. The molecular weight excluding hydrogens is 272 g/mol. The number of hydrogen-bond donors (Lipinski definition) is 1. The number of hydrogen-bond acceptors (Lipinski definition) is 5. The van der Waals surface area contributed by atoms with E-state index in [1.54, 1.807) is 0 Å². The van der Waals surface area contributed by atoms with E-state index in [0.717, 1.165) is 12.3 Å². The maximum absolute atomic E-state index is 11.9. The summed E-state index contributed by atoms with van der Waals surface area (Å²) >= 11 is 5.74. The van der Waals surface area contributed by atoms with Gasteiger partial charge in [0.15, 0.2) is 0 Å². The molecule has 1 aromatic heterocycles. The molecule has 1 N–H and O–H groups in total. The average Bonchev–Trinajstić information content (AvgIpc) is 2.38. The number of aromatic nitrogens is 1. The molecule has 8 heteroatoms. The van der Waals surface area contributed by atoms with Crippen LogP contribution >= 0.6 is 11.6 Å². The number of halogens is 1. The number of nitriles is 1. The van der Waals surface area contributed by atoms with E-state index in [1.807, 2.05) is 13.0 Å². The van der Waals surface area contributed by atoms with Crippen LogP contribution in [0.1, 0.15) is 30.1 Å². The molecule has 0 saturated heterocycles. The first kappa shape index (κ1) is 14.9. The molecule has 1 unspecified atom stereocenters. The van der Waals surface area contributed by atoms with Crippen molar-refractivity contribution in [3.63, 3.8) is 0 Å². The summed E-state index contributed by atoms with van der Waals surface area (Å²) < 4.78 is 0. The van der Waals surface area contributed by atoms with Gasteiger partial charge in [0, 0.05) is 12.1 Å². The fourth-order valence-corrected chi connectivity index (χ4v) is 1.56. The SMILES string of the molecule is CCC(CC#N)NC(=O)c1cc([N+](=O)[O-])cnc1Cl. The Kier molecular flexibility index (Phi) is 5.21. The van der Waals surface area contributed by atoms with Gasteiger partial charge in [-0.2, -0.15) is 5.26 Å². The molecule has 19 heavy (non-hydrogen) atoms. The second-order valence-electron chi connectivity index (χ2n) is 3.73. The number of carbonyl (C=O) groups is 1. The number of nitrogens with one attached hydrogen (secondary N) is 1. The molecule has 1 amide bonds. The minimum atomic E-state index is -0.660. The molecule has 1 heterocycles. The topological polar surface area (TPSA) is 109 Å². The van der Waals surface area contributed by atoms with Crippen molar-refractivity contribution in [3.8, 4) is 6.07 Å². The smallest absolute Gasteiger partial charge is 0.288 e. The van der Waals surface area contributed by atoms with Crippen molar-refractivity contribution in [2.45, 2.75) is 25.8 Å². The van der Waals surface area contributed by atoms with Crippen LogP contribution in [0.15, 0.2) is 12.3 Å². The molecule has 0 fully saturated rings. The van der Waals surface area contributed by atoms with Crippen LogP contribution in [0.4, 0.5) is 5.69 Å². The van der Waals surface area contributed by atoms with E-state index in [0.29, 0.717) is 6.42 Å². The molecule has 1 aromatic rings. The zero-order chi connectivity index (χ0) is 14.4. The van der Waals surface area contributed by atoms with Gasteiger partial charge >= 0.3 is 0 Å². The number of rotatable bonds is 5. The maximum Gasteiger partial charge on any atom is 0.288 e. The lowest BCUT2D eigenvalue weighted by molar-refractivity contribution is -0.385. The first-order valence-corrected chi connectivity index (χ1v) is 5.85. The van der Waals surface area contributed by atoms with Crippen LogP contribution in [-0.2, 0) is 0 Å². The van der Waals surface area contributed by atoms with E-state index >= 15 is 0 Å². The number of carbonyl (C=O) groups excluding carboxylic acids is 1. The van der Waals surface area contributed by atoms with Crippen molar-refractivity contribution >= 4 is 23.2 Å². The van der Waals surface area contributed by atoms with Gasteiger partial charge in [-0.15, -0.1) is 0 Å². The average molecular weight is 283 g/mol. The van der Waals surface area contributed by atoms with Gasteiger partial charge < -0.3 is 5.32 Å². The lowest BCUT2D eigenvalue weighted by atomic mass is 10.1. The number of amides is 1. The number of pyridine rings is 1. The second kappa shape index (κ2) is 6.66. The monoisotopic (exact) mass is 282 g/mol. The minimum absolute atomic E-state index is 0.0766. The van der Waals surface area contributed by atoms with Crippen molar-refractivity contribution in [3.05, 3.63) is 33.1 Å². The van der Waals surface area contributed by atoms with Crippen molar-refractivity contribution < 1.29 is 9.72 Å². The molecule has 7 nitrogen and oxygen atoms in total. The summed E-state index contributed by atoms with van der Waals surface area (Å²) in [5, 5.41) is 21.7. The Morgan fingerprint density at radius 1 is 1.74 bits per heavy atom. The molecule has 0 bridgehead atoms. The summed E-state index contributed by atoms with van der Waals surface area (Å²) in [5.41, 5.74) is -0.393. The van der Waals surface area contributed by atoms with E-state index in [-0.39, 0.29) is 28.9 Å². The Bertz CT molecular complexity index is 541. The first-order chi connectivity index (χ1) is 8.99. The highest BCUT2D eigenvalue weighted by molar-refractivity contribution is 6.32. The van der Waals surface area contributed by atoms with E-state index < -0.39 is 10.8 Å². The van der Waals surface area contributed by atoms with Crippen LogP contribution < -0.4 is 5.32 Å². The zero-order valence-electron chi connectivity index (χ0n) is 10.1. The van der Waals surface area contributed by atoms with E-state index in [4.69, 9.17) is 16.9 Å². The van der Waals surface area contributed by atoms with Crippen LogP contribution in [0.25, 0.3) is 0 Å². The van der Waals surface area contributed by atoms with Crippen molar-refractivity contribution in [1.29, 1.82) is 5.26 Å². The van der Waals surface area contributed by atoms with Crippen LogP contribution in [-0.4, -0.2) is 21.9 Å². The van der Waals surface area contributed by atoms with Crippen molar-refractivity contribution in [2.24, 2.45) is 0 Å². The highest BCUT2D eigenvalue weighted by Gasteiger charge is 2.19. The molecule has 0 aliphatic heterocycles. The zero-order valence-corrected chi connectivity index (χ0v) is 10.8. The van der Waals surface area contributed by atoms with Crippen LogP contribution in [0.5, 0.6) is 0 Å². The normalized spacial score (nSPS) is 11.4. The molecule has 0 aromatic carbocycles. The number of nitro groups is 1. The number of nitrogens with zero attached hydrogens (tertiary/aromatic N) is 3. The van der Waals surface area contributed by atoms with Gasteiger partial charge in [-0.05, 0) is 6.42 Å². The molecule has 100 valence electrons. The van der Waals surface area contributed by atoms with Gasteiger partial charge in [0.25, 0.3) is 11.6 Å². The summed E-state index contributed by atoms with van der Waals surface area (Å²) in [7, 11) is 0. The highest BCUT2D eigenvalue weighted by atomic mass is 35.5. The summed E-state index contributed by atoms with van der Waals surface area (Å²) in [6.07, 6.45) is 1.70. The Morgan fingerprint density at radius 3 is 2.95 bits per heavy atom. The minimum Gasteiger partial charge on any atom is -0.348 e. The fourth-order valence-electron chi connectivity index (χ4n) is 1.37. The summed E-state index contributed by atoms with van der Waals surface area (Å²) in [6, 6.07) is 2.68. The Hall–Kier alpha value is -2.20. The van der Waals surface area contributed by atoms with E-state index in [1.165, 1.54) is 0 Å². The third-order valence-electron chi connectivity index (χ3n) is 2.45. The predicted molar refractivity (Wildman–Crippen MR) is 67.7 cm³/mol. The molecule has 0 radical (unpaired) electrons. The van der Waals surface area contributed by atoms with Gasteiger partial charge in [-0.25, -0.2) is 4.98 Å². The van der Waals surface area contributed by atoms with Gasteiger partial charge in [0.1, 0.15) is 11.3 Å². The molecule has 1 atom stereocenters. The third kappa shape index (κ3) is 3.89. The van der Waals surface area contributed by atoms with Gasteiger partial charge in [0.2, 0.25) is 0 Å². The molecule has 0 saturated carbocycles. The van der Waals surface area contributed by atoms with Gasteiger partial charge in [-0.1, -0.05) is 18.5 Å². The quantitative estimate of drug-likeness (QED) is 0.505. The summed E-state index contributed by atoms with van der Waals surface area (Å²) in [6.45, 7) is 1.82. The maximum atomic E-state index is 11.9. The summed E-state index contributed by atoms with van der Waals surface area (Å²) in [4.78, 5) is 25.5. The van der Waals surface area contributed by atoms with Gasteiger partial charge in [0.05, 0.1) is 23.0 Å². The van der Waals surface area contributed by atoms with Crippen LogP contribution in [0.2, 0.25) is 5.15 Å². The van der Waals surface area contributed by atoms with Crippen molar-refractivity contribution in [1.82, 2.24) is 10.3 Å². The first-order valence-electron chi connectivity index (χ1n) is 5.47. The Balaban J connectivity index is 2.96. The third-order valence-corrected chi connectivity index (χ3v) is 2.75. The highest BCUT2D eigenvalue weighted by Crippen LogP contribution is 2.19. The van der Waals surface area contributed by atoms with Crippen LogP contribution in [0, 0.1) is 21.4 Å². The summed E-state index contributed by atoms with van der Waals surface area (Å²) in [5.74, 6) is -0.580. The van der Waals surface area contributed by atoms with Gasteiger partial charge in [-0.3, -0.25) is 14.9 Å². The molecule has 0 aliphatic rings. The largest absolute Gasteiger partial charge is 0.348 e. The standard InChI is InChI=1S/C11H11ClN4O3/c1-2-7(3-4-13)15-11(17)9-5-8(16(18)19)6-14-10(9)12/h5-7H,2-3H2,1H3,(H,15,17). The fraction of sp³-hybridized carbons (Fsp3) is 0.364. The Morgan fingerprint density at radius 2 is 2.42 bits per heavy atom. The predicted octanol–water partition coefficient (Wildman–Crippen LogP) is 2.07. The van der Waals surface area contributed by atoms with E-state index in [9.17, 15) is 14.9 Å².